The zero-order valence-electron chi connectivity index (χ0n) is 12.7. The molecule has 2 aromatic rings. The first-order chi connectivity index (χ1) is 10.3. The first-order valence-corrected chi connectivity index (χ1v) is 7.65. The zero-order chi connectivity index (χ0) is 16.3. The van der Waals surface area contributed by atoms with Crippen LogP contribution in [0.15, 0.2) is 42.0 Å². The van der Waals surface area contributed by atoms with Gasteiger partial charge in [-0.3, -0.25) is 4.79 Å². The van der Waals surface area contributed by atoms with Crippen molar-refractivity contribution < 1.29 is 9.18 Å². The third-order valence-electron chi connectivity index (χ3n) is 3.09. The first-order valence-electron chi connectivity index (χ1n) is 6.83. The number of nitrogens with zero attached hydrogens (tertiary/aromatic N) is 1. The summed E-state index contributed by atoms with van der Waals surface area (Å²) in [7, 11) is 0. The molecule has 0 radical (unpaired) electrons. The number of carbonyl (C=O) groups is 1. The number of Topliss-reactive ketones (excluding diaryl/α,β-unsaturated/α-hetero) is 1. The standard InChI is InChI=1S/C18H16FNOS/c1-18(2,3)17(21)13(11-20)10-15-8-9-16(22-15)12-4-6-14(19)7-5-12/h4-10H,1-3H3/b13-10+. The van der Waals surface area contributed by atoms with E-state index in [1.807, 2.05) is 18.2 Å². The SMILES string of the molecule is CC(C)(C)C(=O)/C(C#N)=C/c1ccc(-c2ccc(F)cc2)s1. The van der Waals surface area contributed by atoms with Gasteiger partial charge in [-0.25, -0.2) is 4.39 Å². The number of carbonyl (C=O) groups excluding carboxylic acids is 1. The highest BCUT2D eigenvalue weighted by Crippen LogP contribution is 2.30. The van der Waals surface area contributed by atoms with Crippen molar-refractivity contribution in [2.24, 2.45) is 5.41 Å². The van der Waals surface area contributed by atoms with Crippen LogP contribution in [-0.4, -0.2) is 5.78 Å². The Kier molecular flexibility index (Phi) is 4.58. The first kappa shape index (κ1) is 16.1. The summed E-state index contributed by atoms with van der Waals surface area (Å²) in [5.74, 6) is -0.449. The lowest BCUT2D eigenvalue weighted by molar-refractivity contribution is -0.121. The molecular formula is C18H16FNOS. The summed E-state index contributed by atoms with van der Waals surface area (Å²) >= 11 is 1.46. The molecule has 1 aromatic carbocycles. The van der Waals surface area contributed by atoms with E-state index in [2.05, 4.69) is 0 Å². The molecule has 0 amide bonds. The van der Waals surface area contributed by atoms with Gasteiger partial charge in [0, 0.05) is 15.2 Å². The summed E-state index contributed by atoms with van der Waals surface area (Å²) < 4.78 is 12.9. The van der Waals surface area contributed by atoms with Gasteiger partial charge in [0.15, 0.2) is 5.78 Å². The van der Waals surface area contributed by atoms with E-state index in [0.717, 1.165) is 15.3 Å². The molecule has 0 unspecified atom stereocenters. The van der Waals surface area contributed by atoms with E-state index in [4.69, 9.17) is 0 Å². The Labute approximate surface area is 133 Å². The van der Waals surface area contributed by atoms with Crippen molar-refractivity contribution in [2.45, 2.75) is 20.8 Å². The molecule has 22 heavy (non-hydrogen) atoms. The maximum atomic E-state index is 12.9. The van der Waals surface area contributed by atoms with Gasteiger partial charge in [-0.15, -0.1) is 11.3 Å². The predicted octanol–water partition coefficient (Wildman–Crippen LogP) is 5.08. The molecule has 0 N–H and O–H groups in total. The van der Waals surface area contributed by atoms with Crippen molar-refractivity contribution in [1.82, 2.24) is 0 Å². The normalized spacial score (nSPS) is 12.0. The largest absolute Gasteiger partial charge is 0.293 e. The highest BCUT2D eigenvalue weighted by atomic mass is 32.1. The minimum Gasteiger partial charge on any atom is -0.293 e. The van der Waals surface area contributed by atoms with Gasteiger partial charge in [0.2, 0.25) is 0 Å². The van der Waals surface area contributed by atoms with Crippen LogP contribution in [0.5, 0.6) is 0 Å². The molecule has 2 rings (SSSR count). The number of thiophene rings is 1. The van der Waals surface area contributed by atoms with Gasteiger partial charge in [-0.05, 0) is 35.9 Å². The minimum atomic E-state index is -0.585. The van der Waals surface area contributed by atoms with Gasteiger partial charge in [-0.2, -0.15) is 5.26 Å². The molecule has 1 heterocycles. The van der Waals surface area contributed by atoms with Crippen molar-refractivity contribution in [3.63, 3.8) is 0 Å². The smallest absolute Gasteiger partial charge is 0.178 e. The Morgan fingerprint density at radius 1 is 1.18 bits per heavy atom. The molecule has 0 fully saturated rings. The number of halogens is 1. The molecule has 0 saturated carbocycles. The van der Waals surface area contributed by atoms with Crippen LogP contribution in [0.4, 0.5) is 4.39 Å². The average Bonchev–Trinajstić information content (AvgIpc) is 2.92. The molecule has 0 aliphatic rings. The van der Waals surface area contributed by atoms with Gasteiger partial charge in [0.05, 0.1) is 5.57 Å². The maximum absolute atomic E-state index is 12.9. The summed E-state index contributed by atoms with van der Waals surface area (Å²) in [6.07, 6.45) is 1.62. The van der Waals surface area contributed by atoms with E-state index < -0.39 is 5.41 Å². The lowest BCUT2D eigenvalue weighted by Gasteiger charge is -2.15. The van der Waals surface area contributed by atoms with Gasteiger partial charge >= 0.3 is 0 Å². The summed E-state index contributed by atoms with van der Waals surface area (Å²) in [6.45, 7) is 5.37. The number of benzene rings is 1. The predicted molar refractivity (Wildman–Crippen MR) is 87.8 cm³/mol. The van der Waals surface area contributed by atoms with Crippen LogP contribution in [-0.2, 0) is 4.79 Å². The molecule has 0 bridgehead atoms. The van der Waals surface area contributed by atoms with Crippen LogP contribution >= 0.6 is 11.3 Å². The van der Waals surface area contributed by atoms with Crippen LogP contribution in [0.25, 0.3) is 16.5 Å². The van der Waals surface area contributed by atoms with Crippen molar-refractivity contribution >= 4 is 23.2 Å². The molecule has 4 heteroatoms. The van der Waals surface area contributed by atoms with Gasteiger partial charge in [-0.1, -0.05) is 32.9 Å². The van der Waals surface area contributed by atoms with E-state index in [1.165, 1.54) is 23.5 Å². The maximum Gasteiger partial charge on any atom is 0.178 e. The fourth-order valence-corrected chi connectivity index (χ4v) is 2.85. The number of hydrogen-bond donors (Lipinski definition) is 0. The molecule has 112 valence electrons. The van der Waals surface area contributed by atoms with Crippen LogP contribution in [0.3, 0.4) is 0 Å². The highest BCUT2D eigenvalue weighted by molar-refractivity contribution is 7.16. The minimum absolute atomic E-state index is 0.153. The fourth-order valence-electron chi connectivity index (χ4n) is 1.89. The van der Waals surface area contributed by atoms with Crippen LogP contribution in [0.2, 0.25) is 0 Å². The lowest BCUT2D eigenvalue weighted by atomic mass is 9.86. The highest BCUT2D eigenvalue weighted by Gasteiger charge is 2.25. The molecule has 0 atom stereocenters. The summed E-state index contributed by atoms with van der Waals surface area (Å²) in [5.41, 5.74) is 0.477. The fraction of sp³-hybridized carbons (Fsp3) is 0.222. The van der Waals surface area contributed by atoms with Crippen molar-refractivity contribution in [1.29, 1.82) is 5.26 Å². The zero-order valence-corrected chi connectivity index (χ0v) is 13.5. The van der Waals surface area contributed by atoms with Crippen molar-refractivity contribution in [2.75, 3.05) is 0 Å². The van der Waals surface area contributed by atoms with E-state index >= 15 is 0 Å². The number of ketones is 1. The molecule has 2 nitrogen and oxygen atoms in total. The van der Waals surface area contributed by atoms with Crippen molar-refractivity contribution in [3.8, 4) is 16.5 Å². The number of allylic oxidation sites excluding steroid dienone is 1. The second-order valence-electron chi connectivity index (χ2n) is 5.96. The third kappa shape index (κ3) is 3.69. The Morgan fingerprint density at radius 2 is 1.82 bits per heavy atom. The molecule has 0 saturated heterocycles. The van der Waals surface area contributed by atoms with Crippen LogP contribution in [0.1, 0.15) is 25.6 Å². The Bertz CT molecular complexity index is 758. The van der Waals surface area contributed by atoms with E-state index in [9.17, 15) is 14.4 Å². The summed E-state index contributed by atoms with van der Waals surface area (Å²) in [5, 5.41) is 9.20. The second-order valence-corrected chi connectivity index (χ2v) is 7.07. The second kappa shape index (κ2) is 6.25. The molecule has 1 aromatic heterocycles. The van der Waals surface area contributed by atoms with Gasteiger partial charge in [0.1, 0.15) is 11.9 Å². The average molecular weight is 313 g/mol. The molecular weight excluding hydrogens is 297 g/mol. The Morgan fingerprint density at radius 3 is 2.36 bits per heavy atom. The van der Waals surface area contributed by atoms with Crippen molar-refractivity contribution in [3.05, 3.63) is 52.7 Å². The number of rotatable bonds is 3. The Balaban J connectivity index is 2.31. The van der Waals surface area contributed by atoms with E-state index in [0.29, 0.717) is 0 Å². The van der Waals surface area contributed by atoms with E-state index in [-0.39, 0.29) is 17.2 Å². The molecule has 0 spiro atoms. The van der Waals surface area contributed by atoms with Gasteiger partial charge < -0.3 is 0 Å². The third-order valence-corrected chi connectivity index (χ3v) is 4.17. The number of hydrogen-bond acceptors (Lipinski definition) is 3. The van der Waals surface area contributed by atoms with Crippen LogP contribution < -0.4 is 0 Å². The quantitative estimate of drug-likeness (QED) is 0.586. The number of nitriles is 1. The summed E-state index contributed by atoms with van der Waals surface area (Å²) in [4.78, 5) is 14.0. The monoisotopic (exact) mass is 313 g/mol. The van der Waals surface area contributed by atoms with Crippen LogP contribution in [0, 0.1) is 22.6 Å². The molecule has 0 aliphatic heterocycles. The lowest BCUT2D eigenvalue weighted by Crippen LogP contribution is -2.21. The van der Waals surface area contributed by atoms with E-state index in [1.54, 1.807) is 39.0 Å². The summed E-state index contributed by atoms with van der Waals surface area (Å²) in [6, 6.07) is 12.0. The Hall–Kier alpha value is -2.25. The topological polar surface area (TPSA) is 40.9 Å². The van der Waals surface area contributed by atoms with Gasteiger partial charge in [0.25, 0.3) is 0 Å². The molecule has 0 aliphatic carbocycles.